The van der Waals surface area contributed by atoms with Crippen LogP contribution in [0.15, 0.2) is 72.3 Å². The summed E-state index contributed by atoms with van der Waals surface area (Å²) in [6.07, 6.45) is 4.20. The van der Waals surface area contributed by atoms with Gasteiger partial charge in [-0.15, -0.1) is 0 Å². The third-order valence-corrected chi connectivity index (χ3v) is 5.63. The first kappa shape index (κ1) is 15.6. The number of ether oxygens (including phenoxy) is 1. The van der Waals surface area contributed by atoms with Crippen molar-refractivity contribution < 1.29 is 19.7 Å². The second-order valence-electron chi connectivity index (χ2n) is 7.20. The van der Waals surface area contributed by atoms with Crippen LogP contribution < -0.4 is 5.32 Å². The number of hydrogen-bond acceptors (Lipinski definition) is 5. The molecule has 7 nitrogen and oxygen atoms in total. The van der Waals surface area contributed by atoms with Crippen molar-refractivity contribution in [2.75, 3.05) is 5.32 Å². The molecule has 28 heavy (non-hydrogen) atoms. The molecule has 0 bridgehead atoms. The standard InChI is InChI=1S/C21H15N3O4/c25-19(26)20-11-12(9-10-21(20,27)28-20)17-22-14-6-2-1-5-13(14)18-23-15-7-3-4-8-16(15)24(17)18/h1-11,17,22,27H,(H,25,26). The average Bonchev–Trinajstić information content (AvgIpc) is 3.17. The Bertz CT molecular complexity index is 1240. The molecule has 2 aromatic carbocycles. The Labute approximate surface area is 159 Å². The molecule has 0 spiro atoms. The van der Waals surface area contributed by atoms with E-state index in [-0.39, 0.29) is 0 Å². The molecule has 138 valence electrons. The van der Waals surface area contributed by atoms with Gasteiger partial charge in [-0.2, -0.15) is 0 Å². The number of fused-ring (bicyclic) bond motifs is 6. The summed E-state index contributed by atoms with van der Waals surface area (Å²) < 4.78 is 7.25. The molecule has 0 amide bonds. The summed E-state index contributed by atoms with van der Waals surface area (Å²) in [5.74, 6) is -2.20. The predicted octanol–water partition coefficient (Wildman–Crippen LogP) is 2.67. The first-order chi connectivity index (χ1) is 13.5. The fourth-order valence-electron chi connectivity index (χ4n) is 4.18. The molecule has 0 radical (unpaired) electrons. The highest BCUT2D eigenvalue weighted by Gasteiger charge is 2.74. The molecule has 7 heteroatoms. The predicted molar refractivity (Wildman–Crippen MR) is 101 cm³/mol. The molecule has 3 unspecified atom stereocenters. The molecule has 1 aromatic heterocycles. The van der Waals surface area contributed by atoms with Crippen LogP contribution in [0.4, 0.5) is 5.69 Å². The Kier molecular flexibility index (Phi) is 2.73. The molecule has 1 saturated heterocycles. The van der Waals surface area contributed by atoms with Crippen molar-refractivity contribution in [2.45, 2.75) is 17.6 Å². The van der Waals surface area contributed by atoms with E-state index in [1.54, 1.807) is 6.08 Å². The van der Waals surface area contributed by atoms with E-state index in [1.165, 1.54) is 12.2 Å². The maximum Gasteiger partial charge on any atom is 0.346 e. The summed E-state index contributed by atoms with van der Waals surface area (Å²) in [4.78, 5) is 16.6. The summed E-state index contributed by atoms with van der Waals surface area (Å²) in [6.45, 7) is 0. The molecule has 3 N–H and O–H groups in total. The van der Waals surface area contributed by atoms with Crippen LogP contribution in [0.3, 0.4) is 0 Å². The van der Waals surface area contributed by atoms with Crippen molar-refractivity contribution >= 4 is 22.7 Å². The van der Waals surface area contributed by atoms with E-state index in [0.717, 1.165) is 28.1 Å². The van der Waals surface area contributed by atoms with Gasteiger partial charge >= 0.3 is 5.97 Å². The van der Waals surface area contributed by atoms with E-state index < -0.39 is 23.5 Å². The number of rotatable bonds is 2. The van der Waals surface area contributed by atoms with Crippen LogP contribution in [0.1, 0.15) is 6.17 Å². The van der Waals surface area contributed by atoms with Gasteiger partial charge < -0.3 is 20.3 Å². The number of aliphatic hydroxyl groups is 1. The van der Waals surface area contributed by atoms with Crippen molar-refractivity contribution in [1.82, 2.24) is 9.55 Å². The summed E-state index contributed by atoms with van der Waals surface area (Å²) in [5, 5.41) is 23.4. The minimum absolute atomic E-state index is 0.390. The molecule has 3 aliphatic rings. The molecule has 6 rings (SSSR count). The summed E-state index contributed by atoms with van der Waals surface area (Å²) in [6, 6.07) is 15.7. The van der Waals surface area contributed by atoms with Crippen molar-refractivity contribution in [3.05, 3.63) is 72.3 Å². The highest BCUT2D eigenvalue weighted by Crippen LogP contribution is 2.53. The van der Waals surface area contributed by atoms with E-state index in [4.69, 9.17) is 9.72 Å². The summed E-state index contributed by atoms with van der Waals surface area (Å²) in [5.41, 5.74) is 2.61. The zero-order valence-electron chi connectivity index (χ0n) is 14.5. The van der Waals surface area contributed by atoms with Gasteiger partial charge in [0, 0.05) is 11.3 Å². The Morgan fingerprint density at radius 2 is 1.96 bits per heavy atom. The van der Waals surface area contributed by atoms with E-state index in [9.17, 15) is 15.0 Å². The van der Waals surface area contributed by atoms with Crippen LogP contribution in [0, 0.1) is 0 Å². The molecule has 3 aromatic rings. The van der Waals surface area contributed by atoms with Gasteiger partial charge in [-0.25, -0.2) is 9.78 Å². The third-order valence-electron chi connectivity index (χ3n) is 5.63. The van der Waals surface area contributed by atoms with E-state index in [0.29, 0.717) is 5.57 Å². The smallest absolute Gasteiger partial charge is 0.346 e. The summed E-state index contributed by atoms with van der Waals surface area (Å²) >= 11 is 0. The van der Waals surface area contributed by atoms with Crippen molar-refractivity contribution in [2.24, 2.45) is 0 Å². The lowest BCUT2D eigenvalue weighted by atomic mass is 9.91. The number of carboxylic acid groups (broad SMARTS) is 1. The molecular formula is C21H15N3O4. The largest absolute Gasteiger partial charge is 0.479 e. The number of nitrogens with zero attached hydrogens (tertiary/aromatic N) is 2. The lowest BCUT2D eigenvalue weighted by molar-refractivity contribution is -0.141. The summed E-state index contributed by atoms with van der Waals surface area (Å²) in [7, 11) is 0. The van der Waals surface area contributed by atoms with E-state index in [1.807, 2.05) is 48.5 Å². The number of carbonyl (C=O) groups is 1. The Balaban J connectivity index is 1.59. The average molecular weight is 373 g/mol. The number of aromatic nitrogens is 2. The van der Waals surface area contributed by atoms with Crippen molar-refractivity contribution in [3.63, 3.8) is 0 Å². The van der Waals surface area contributed by atoms with Gasteiger partial charge in [0.15, 0.2) is 0 Å². The van der Waals surface area contributed by atoms with Crippen LogP contribution in [-0.4, -0.2) is 37.1 Å². The number of benzene rings is 2. The Morgan fingerprint density at radius 3 is 2.82 bits per heavy atom. The number of para-hydroxylation sites is 3. The number of imidazole rings is 1. The van der Waals surface area contributed by atoms with Crippen molar-refractivity contribution in [1.29, 1.82) is 0 Å². The number of carboxylic acids is 1. The van der Waals surface area contributed by atoms with Crippen LogP contribution in [0.2, 0.25) is 0 Å². The quantitative estimate of drug-likeness (QED) is 0.597. The molecular weight excluding hydrogens is 358 g/mol. The highest BCUT2D eigenvalue weighted by molar-refractivity contribution is 5.89. The van der Waals surface area contributed by atoms with Gasteiger partial charge in [0.25, 0.3) is 0 Å². The van der Waals surface area contributed by atoms with E-state index in [2.05, 4.69) is 9.88 Å². The van der Waals surface area contributed by atoms with Crippen LogP contribution in [-0.2, 0) is 9.53 Å². The lowest BCUT2D eigenvalue weighted by Crippen LogP contribution is -2.35. The van der Waals surface area contributed by atoms with Gasteiger partial charge in [-0.1, -0.05) is 30.3 Å². The first-order valence-corrected chi connectivity index (χ1v) is 8.93. The van der Waals surface area contributed by atoms with Crippen LogP contribution in [0.25, 0.3) is 22.4 Å². The number of epoxide rings is 1. The van der Waals surface area contributed by atoms with Gasteiger partial charge in [-0.05, 0) is 42.0 Å². The minimum atomic E-state index is -1.78. The number of anilines is 1. The monoisotopic (exact) mass is 373 g/mol. The first-order valence-electron chi connectivity index (χ1n) is 8.93. The second-order valence-corrected chi connectivity index (χ2v) is 7.20. The Hall–Kier alpha value is -3.42. The van der Waals surface area contributed by atoms with Crippen LogP contribution >= 0.6 is 0 Å². The third kappa shape index (κ3) is 1.79. The SMILES string of the molecule is O=C(O)C12C=C(C3Nc4ccccc4-c4nc5ccccc5n43)C=CC1(O)O2. The number of aliphatic carboxylic acids is 1. The topological polar surface area (TPSA) is 99.9 Å². The lowest BCUT2D eigenvalue weighted by Gasteiger charge is -2.32. The van der Waals surface area contributed by atoms with Crippen molar-refractivity contribution in [3.8, 4) is 11.4 Å². The van der Waals surface area contributed by atoms with E-state index >= 15 is 0 Å². The second kappa shape index (κ2) is 4.89. The minimum Gasteiger partial charge on any atom is -0.479 e. The molecule has 1 aliphatic carbocycles. The molecule has 3 heterocycles. The van der Waals surface area contributed by atoms with Gasteiger partial charge in [0.1, 0.15) is 12.0 Å². The number of nitrogens with one attached hydrogen (secondary N) is 1. The normalized spacial score (nSPS) is 29.3. The maximum absolute atomic E-state index is 11.8. The fourth-order valence-corrected chi connectivity index (χ4v) is 4.18. The zero-order valence-corrected chi connectivity index (χ0v) is 14.5. The van der Waals surface area contributed by atoms with Gasteiger partial charge in [-0.3, -0.25) is 4.57 Å². The fraction of sp³-hybridized carbons (Fsp3) is 0.143. The molecule has 1 fully saturated rings. The highest BCUT2D eigenvalue weighted by atomic mass is 16.8. The molecule has 2 aliphatic heterocycles. The molecule has 0 saturated carbocycles. The molecule has 3 atom stereocenters. The number of hydrogen-bond donors (Lipinski definition) is 3. The Morgan fingerprint density at radius 1 is 1.18 bits per heavy atom. The van der Waals surface area contributed by atoms with Gasteiger partial charge in [0.2, 0.25) is 11.4 Å². The maximum atomic E-state index is 11.8. The van der Waals surface area contributed by atoms with Crippen LogP contribution in [0.5, 0.6) is 0 Å². The van der Waals surface area contributed by atoms with Gasteiger partial charge in [0.05, 0.1) is 11.0 Å². The zero-order chi connectivity index (χ0) is 19.1.